The van der Waals surface area contributed by atoms with Gasteiger partial charge in [-0.1, -0.05) is 6.92 Å². The van der Waals surface area contributed by atoms with E-state index in [2.05, 4.69) is 17.1 Å². The molecular formula is C12H26N2O. The Hall–Kier alpha value is -0.120. The molecule has 90 valence electrons. The third-order valence-electron chi connectivity index (χ3n) is 3.38. The molecule has 1 aliphatic rings. The molecule has 0 aromatic heterocycles. The standard InChI is InChI=1S/C12H26N2O/c1-4-12(8-13-2)14-7-5-6-11(9-14)10-15-3/h11-13H,4-10H2,1-3H3. The molecule has 0 amide bonds. The molecule has 0 saturated carbocycles. The molecule has 0 spiro atoms. The first-order chi connectivity index (χ1) is 7.31. The number of ether oxygens (including phenoxy) is 1. The molecule has 0 bridgehead atoms. The van der Waals surface area contributed by atoms with E-state index in [1.165, 1.54) is 32.4 Å². The first-order valence-electron chi connectivity index (χ1n) is 6.19. The lowest BCUT2D eigenvalue weighted by Crippen LogP contribution is -2.47. The number of piperidine rings is 1. The molecule has 3 heteroatoms. The monoisotopic (exact) mass is 214 g/mol. The summed E-state index contributed by atoms with van der Waals surface area (Å²) in [5.41, 5.74) is 0. The Morgan fingerprint density at radius 2 is 2.33 bits per heavy atom. The van der Waals surface area contributed by atoms with E-state index in [-0.39, 0.29) is 0 Å². The van der Waals surface area contributed by atoms with E-state index in [4.69, 9.17) is 4.74 Å². The highest BCUT2D eigenvalue weighted by molar-refractivity contribution is 4.79. The van der Waals surface area contributed by atoms with Crippen LogP contribution >= 0.6 is 0 Å². The second kappa shape index (κ2) is 7.20. The molecule has 0 aromatic carbocycles. The summed E-state index contributed by atoms with van der Waals surface area (Å²) in [6.45, 7) is 6.79. The number of rotatable bonds is 6. The maximum absolute atomic E-state index is 5.26. The smallest absolute Gasteiger partial charge is 0.0502 e. The Morgan fingerprint density at radius 3 is 2.93 bits per heavy atom. The van der Waals surface area contributed by atoms with Crippen molar-refractivity contribution < 1.29 is 4.74 Å². The fourth-order valence-electron chi connectivity index (χ4n) is 2.57. The average Bonchev–Trinajstić information content (AvgIpc) is 2.27. The molecule has 1 heterocycles. The predicted molar refractivity (Wildman–Crippen MR) is 64.2 cm³/mol. The number of likely N-dealkylation sites (N-methyl/N-ethyl adjacent to an activating group) is 1. The Balaban J connectivity index is 2.39. The van der Waals surface area contributed by atoms with Gasteiger partial charge in [0, 0.05) is 26.2 Å². The molecule has 0 radical (unpaired) electrons. The minimum atomic E-state index is 0.703. The number of hydrogen-bond acceptors (Lipinski definition) is 3. The average molecular weight is 214 g/mol. The first-order valence-corrected chi connectivity index (χ1v) is 6.19. The number of nitrogens with one attached hydrogen (secondary N) is 1. The van der Waals surface area contributed by atoms with E-state index in [1.54, 1.807) is 0 Å². The molecule has 1 fully saturated rings. The molecule has 2 unspecified atom stereocenters. The molecule has 2 atom stereocenters. The normalized spacial score (nSPS) is 25.4. The maximum atomic E-state index is 5.26. The van der Waals surface area contributed by atoms with E-state index in [1.807, 2.05) is 14.2 Å². The van der Waals surface area contributed by atoms with Crippen LogP contribution < -0.4 is 5.32 Å². The van der Waals surface area contributed by atoms with Crippen molar-refractivity contribution >= 4 is 0 Å². The molecule has 0 aromatic rings. The molecule has 3 nitrogen and oxygen atoms in total. The van der Waals surface area contributed by atoms with Crippen molar-refractivity contribution in [1.82, 2.24) is 10.2 Å². The molecule has 1 N–H and O–H groups in total. The van der Waals surface area contributed by atoms with Crippen LogP contribution in [0.15, 0.2) is 0 Å². The van der Waals surface area contributed by atoms with Crippen molar-refractivity contribution in [1.29, 1.82) is 0 Å². The summed E-state index contributed by atoms with van der Waals surface area (Å²) in [6, 6.07) is 0.703. The van der Waals surface area contributed by atoms with Crippen molar-refractivity contribution in [3.8, 4) is 0 Å². The number of likely N-dealkylation sites (tertiary alicyclic amines) is 1. The third-order valence-corrected chi connectivity index (χ3v) is 3.38. The Labute approximate surface area is 94.2 Å². The second-order valence-corrected chi connectivity index (χ2v) is 4.58. The summed E-state index contributed by atoms with van der Waals surface area (Å²) < 4.78 is 5.26. The van der Waals surface area contributed by atoms with E-state index in [9.17, 15) is 0 Å². The highest BCUT2D eigenvalue weighted by atomic mass is 16.5. The van der Waals surface area contributed by atoms with E-state index in [0.717, 1.165) is 19.1 Å². The zero-order valence-corrected chi connectivity index (χ0v) is 10.5. The second-order valence-electron chi connectivity index (χ2n) is 4.58. The van der Waals surface area contributed by atoms with Crippen molar-refractivity contribution in [2.45, 2.75) is 32.2 Å². The topological polar surface area (TPSA) is 24.5 Å². The molecule has 1 saturated heterocycles. The van der Waals surface area contributed by atoms with Crippen LogP contribution in [0.1, 0.15) is 26.2 Å². The summed E-state index contributed by atoms with van der Waals surface area (Å²) >= 11 is 0. The van der Waals surface area contributed by atoms with Gasteiger partial charge in [0.15, 0.2) is 0 Å². The van der Waals surface area contributed by atoms with Crippen LogP contribution in [0.25, 0.3) is 0 Å². The van der Waals surface area contributed by atoms with E-state index < -0.39 is 0 Å². The summed E-state index contributed by atoms with van der Waals surface area (Å²) in [7, 11) is 3.85. The van der Waals surface area contributed by atoms with Gasteiger partial charge >= 0.3 is 0 Å². The summed E-state index contributed by atoms with van der Waals surface area (Å²) in [5.74, 6) is 0.745. The van der Waals surface area contributed by atoms with Gasteiger partial charge in [0.1, 0.15) is 0 Å². The molecular weight excluding hydrogens is 188 g/mol. The van der Waals surface area contributed by atoms with Crippen LogP contribution in [0.4, 0.5) is 0 Å². The summed E-state index contributed by atoms with van der Waals surface area (Å²) in [4.78, 5) is 2.63. The van der Waals surface area contributed by atoms with Gasteiger partial charge < -0.3 is 10.1 Å². The van der Waals surface area contributed by atoms with Crippen LogP contribution in [0.3, 0.4) is 0 Å². The summed E-state index contributed by atoms with van der Waals surface area (Å²) in [6.07, 6.45) is 3.90. The van der Waals surface area contributed by atoms with Gasteiger partial charge in [-0.25, -0.2) is 0 Å². The quantitative estimate of drug-likeness (QED) is 0.722. The number of nitrogens with zero attached hydrogens (tertiary/aromatic N) is 1. The van der Waals surface area contributed by atoms with Crippen molar-refractivity contribution in [2.75, 3.05) is 40.4 Å². The lowest BCUT2D eigenvalue weighted by Gasteiger charge is -2.37. The minimum absolute atomic E-state index is 0.703. The van der Waals surface area contributed by atoms with E-state index in [0.29, 0.717) is 6.04 Å². The zero-order valence-electron chi connectivity index (χ0n) is 10.5. The molecule has 1 aliphatic heterocycles. The fourth-order valence-corrected chi connectivity index (χ4v) is 2.57. The third kappa shape index (κ3) is 4.09. The fraction of sp³-hybridized carbons (Fsp3) is 1.00. The van der Waals surface area contributed by atoms with Crippen molar-refractivity contribution in [2.24, 2.45) is 5.92 Å². The molecule has 15 heavy (non-hydrogen) atoms. The predicted octanol–water partition coefficient (Wildman–Crippen LogP) is 1.34. The van der Waals surface area contributed by atoms with Crippen LogP contribution in [0.2, 0.25) is 0 Å². The zero-order chi connectivity index (χ0) is 11.1. The largest absolute Gasteiger partial charge is 0.384 e. The number of hydrogen-bond donors (Lipinski definition) is 1. The Kier molecular flexibility index (Phi) is 6.22. The van der Waals surface area contributed by atoms with Crippen molar-refractivity contribution in [3.05, 3.63) is 0 Å². The van der Waals surface area contributed by atoms with E-state index >= 15 is 0 Å². The molecule has 0 aliphatic carbocycles. The van der Waals surface area contributed by atoms with Gasteiger partial charge in [-0.3, -0.25) is 4.90 Å². The van der Waals surface area contributed by atoms with Crippen LogP contribution in [-0.2, 0) is 4.74 Å². The van der Waals surface area contributed by atoms with Gasteiger partial charge in [0.2, 0.25) is 0 Å². The highest BCUT2D eigenvalue weighted by Gasteiger charge is 2.24. The van der Waals surface area contributed by atoms with Gasteiger partial charge in [-0.2, -0.15) is 0 Å². The van der Waals surface area contributed by atoms with Gasteiger partial charge in [-0.05, 0) is 38.8 Å². The summed E-state index contributed by atoms with van der Waals surface area (Å²) in [5, 5.41) is 3.29. The SMILES string of the molecule is CCC(CNC)N1CCCC(COC)C1. The van der Waals surface area contributed by atoms with Gasteiger partial charge in [0.05, 0.1) is 6.61 Å². The first kappa shape index (κ1) is 12.9. The van der Waals surface area contributed by atoms with Gasteiger partial charge in [0.25, 0.3) is 0 Å². The van der Waals surface area contributed by atoms with Crippen LogP contribution in [-0.4, -0.2) is 51.3 Å². The van der Waals surface area contributed by atoms with Gasteiger partial charge in [-0.15, -0.1) is 0 Å². The van der Waals surface area contributed by atoms with Crippen LogP contribution in [0, 0.1) is 5.92 Å². The Bertz CT molecular complexity index is 162. The lowest BCUT2D eigenvalue weighted by molar-refractivity contribution is 0.0671. The van der Waals surface area contributed by atoms with Crippen molar-refractivity contribution in [3.63, 3.8) is 0 Å². The highest BCUT2D eigenvalue weighted by Crippen LogP contribution is 2.19. The van der Waals surface area contributed by atoms with Crippen LogP contribution in [0.5, 0.6) is 0 Å². The number of methoxy groups -OCH3 is 1. The lowest BCUT2D eigenvalue weighted by atomic mass is 9.97. The maximum Gasteiger partial charge on any atom is 0.0502 e. The Morgan fingerprint density at radius 1 is 1.53 bits per heavy atom. The molecule has 1 rings (SSSR count). The minimum Gasteiger partial charge on any atom is -0.384 e.